The van der Waals surface area contributed by atoms with Gasteiger partial charge in [0.2, 0.25) is 5.78 Å². The highest BCUT2D eigenvalue weighted by Crippen LogP contribution is 2.29. The predicted molar refractivity (Wildman–Crippen MR) is 100 cm³/mol. The smallest absolute Gasteiger partial charge is 0.306 e. The standard InChI is InChI=1S/C18H13ClF3N5O2/c1-2-26-15(28)11-5-3-4-6-13(11)27-14(23-24-17(26)27)9-25-8-10(18(20,21)22)7-12(19)16(25)29/h3-8H,2,9H2,1H3. The average Bonchev–Trinajstić information content (AvgIpc) is 3.08. The van der Waals surface area contributed by atoms with Crippen LogP contribution in [0.5, 0.6) is 0 Å². The van der Waals surface area contributed by atoms with E-state index in [1.165, 1.54) is 4.57 Å². The van der Waals surface area contributed by atoms with Crippen molar-refractivity contribution in [1.82, 2.24) is 23.7 Å². The molecule has 0 N–H and O–H groups in total. The Hall–Kier alpha value is -3.14. The van der Waals surface area contributed by atoms with Crippen molar-refractivity contribution in [1.29, 1.82) is 0 Å². The predicted octanol–water partition coefficient (Wildman–Crippen LogP) is 2.95. The van der Waals surface area contributed by atoms with Crippen LogP contribution in [-0.2, 0) is 19.3 Å². The minimum absolute atomic E-state index is 0.191. The number of hydrogen-bond acceptors (Lipinski definition) is 4. The summed E-state index contributed by atoms with van der Waals surface area (Å²) >= 11 is 5.73. The molecule has 3 aromatic heterocycles. The molecular weight excluding hydrogens is 411 g/mol. The number of nitrogens with zero attached hydrogens (tertiary/aromatic N) is 5. The largest absolute Gasteiger partial charge is 0.417 e. The van der Waals surface area contributed by atoms with E-state index in [0.29, 0.717) is 29.7 Å². The van der Waals surface area contributed by atoms with Gasteiger partial charge in [-0.25, -0.2) is 0 Å². The third-order valence-corrected chi connectivity index (χ3v) is 4.84. The lowest BCUT2D eigenvalue weighted by Gasteiger charge is -2.12. The van der Waals surface area contributed by atoms with Crippen molar-refractivity contribution in [3.63, 3.8) is 0 Å². The molecule has 150 valence electrons. The van der Waals surface area contributed by atoms with Gasteiger partial charge >= 0.3 is 6.18 Å². The molecule has 0 bridgehead atoms. The van der Waals surface area contributed by atoms with Crippen molar-refractivity contribution in [3.8, 4) is 0 Å². The zero-order valence-electron chi connectivity index (χ0n) is 14.9. The van der Waals surface area contributed by atoms with E-state index in [9.17, 15) is 22.8 Å². The van der Waals surface area contributed by atoms with Gasteiger partial charge in [-0.15, -0.1) is 10.2 Å². The Bertz CT molecular complexity index is 1370. The van der Waals surface area contributed by atoms with Crippen molar-refractivity contribution in [2.45, 2.75) is 26.2 Å². The molecule has 7 nitrogen and oxygen atoms in total. The van der Waals surface area contributed by atoms with Gasteiger partial charge in [0.05, 0.1) is 23.0 Å². The summed E-state index contributed by atoms with van der Waals surface area (Å²) in [6.07, 6.45) is -3.98. The third-order valence-electron chi connectivity index (χ3n) is 4.57. The highest BCUT2D eigenvalue weighted by Gasteiger charge is 2.32. The first-order valence-electron chi connectivity index (χ1n) is 8.55. The van der Waals surface area contributed by atoms with E-state index in [0.717, 1.165) is 4.57 Å². The maximum atomic E-state index is 13.1. The van der Waals surface area contributed by atoms with Crippen LogP contribution in [0.3, 0.4) is 0 Å². The summed E-state index contributed by atoms with van der Waals surface area (Å²) in [4.78, 5) is 25.0. The molecule has 0 amide bonds. The Morgan fingerprint density at radius 1 is 1.10 bits per heavy atom. The molecule has 0 spiro atoms. The molecule has 0 aliphatic carbocycles. The number of hydrogen-bond donors (Lipinski definition) is 0. The van der Waals surface area contributed by atoms with E-state index in [-0.39, 0.29) is 23.7 Å². The van der Waals surface area contributed by atoms with Crippen LogP contribution in [0.15, 0.2) is 46.1 Å². The Morgan fingerprint density at radius 2 is 1.83 bits per heavy atom. The average molecular weight is 424 g/mol. The first kappa shape index (κ1) is 19.2. The van der Waals surface area contributed by atoms with Crippen molar-refractivity contribution >= 4 is 28.3 Å². The van der Waals surface area contributed by atoms with E-state index in [2.05, 4.69) is 10.2 Å². The molecule has 0 radical (unpaired) electrons. The molecule has 0 saturated heterocycles. The fourth-order valence-corrected chi connectivity index (χ4v) is 3.45. The summed E-state index contributed by atoms with van der Waals surface area (Å²) in [5.41, 5.74) is -1.60. The normalized spacial score (nSPS) is 12.2. The number of para-hydroxylation sites is 1. The monoisotopic (exact) mass is 423 g/mol. The molecule has 0 saturated carbocycles. The number of halogens is 4. The summed E-state index contributed by atoms with van der Waals surface area (Å²) in [5, 5.41) is 7.90. The molecule has 0 unspecified atom stereocenters. The van der Waals surface area contributed by atoms with Gasteiger partial charge in [-0.05, 0) is 25.1 Å². The molecular formula is C18H13ClF3N5O2. The SMILES string of the molecule is CCn1c(=O)c2ccccc2n2c(Cn3cc(C(F)(F)F)cc(Cl)c3=O)nnc12. The van der Waals surface area contributed by atoms with E-state index >= 15 is 0 Å². The number of pyridine rings is 1. The van der Waals surface area contributed by atoms with Crippen LogP contribution < -0.4 is 11.1 Å². The Balaban J connectivity index is 1.98. The van der Waals surface area contributed by atoms with Gasteiger partial charge in [-0.3, -0.25) is 18.6 Å². The molecule has 0 aliphatic heterocycles. The van der Waals surface area contributed by atoms with Gasteiger partial charge in [-0.2, -0.15) is 13.2 Å². The van der Waals surface area contributed by atoms with Crippen molar-refractivity contribution in [3.05, 3.63) is 73.6 Å². The summed E-state index contributed by atoms with van der Waals surface area (Å²) in [5.74, 6) is 0.424. The topological polar surface area (TPSA) is 74.2 Å². The maximum absolute atomic E-state index is 13.1. The van der Waals surface area contributed by atoms with Gasteiger partial charge in [-0.1, -0.05) is 23.7 Å². The second kappa shape index (κ2) is 6.73. The van der Waals surface area contributed by atoms with E-state index in [1.807, 2.05) is 0 Å². The second-order valence-electron chi connectivity index (χ2n) is 6.33. The number of benzene rings is 1. The van der Waals surface area contributed by atoms with Gasteiger partial charge in [0, 0.05) is 12.7 Å². The lowest BCUT2D eigenvalue weighted by Crippen LogP contribution is -2.25. The maximum Gasteiger partial charge on any atom is 0.417 e. The number of aryl methyl sites for hydroxylation is 1. The number of fused-ring (bicyclic) bond motifs is 3. The van der Waals surface area contributed by atoms with Crippen LogP contribution in [0.4, 0.5) is 13.2 Å². The summed E-state index contributed by atoms with van der Waals surface area (Å²) in [6.45, 7) is 1.78. The summed E-state index contributed by atoms with van der Waals surface area (Å²) in [6, 6.07) is 7.33. The van der Waals surface area contributed by atoms with Gasteiger partial charge < -0.3 is 4.57 Å². The number of aromatic nitrogens is 5. The fraction of sp³-hybridized carbons (Fsp3) is 0.222. The van der Waals surface area contributed by atoms with Crippen LogP contribution >= 0.6 is 11.6 Å². The van der Waals surface area contributed by atoms with Gasteiger partial charge in [0.15, 0.2) is 5.82 Å². The highest BCUT2D eigenvalue weighted by molar-refractivity contribution is 6.30. The molecule has 1 aromatic carbocycles. The van der Waals surface area contributed by atoms with E-state index in [4.69, 9.17) is 11.6 Å². The van der Waals surface area contributed by atoms with Crippen LogP contribution in [0.25, 0.3) is 16.7 Å². The van der Waals surface area contributed by atoms with Crippen LogP contribution in [0.1, 0.15) is 18.3 Å². The molecule has 0 fully saturated rings. The lowest BCUT2D eigenvalue weighted by atomic mass is 10.2. The quantitative estimate of drug-likeness (QED) is 0.508. The van der Waals surface area contributed by atoms with E-state index in [1.54, 1.807) is 35.6 Å². The van der Waals surface area contributed by atoms with E-state index < -0.39 is 22.3 Å². The molecule has 0 atom stereocenters. The minimum Gasteiger partial charge on any atom is -0.306 e. The first-order chi connectivity index (χ1) is 13.7. The first-order valence-corrected chi connectivity index (χ1v) is 8.93. The Kier molecular flexibility index (Phi) is 4.45. The van der Waals surface area contributed by atoms with Gasteiger partial charge in [0.1, 0.15) is 5.02 Å². The van der Waals surface area contributed by atoms with Crippen LogP contribution in [0.2, 0.25) is 5.02 Å². The van der Waals surface area contributed by atoms with Crippen molar-refractivity contribution < 1.29 is 13.2 Å². The number of rotatable bonds is 3. The summed E-state index contributed by atoms with van der Waals surface area (Å²) in [7, 11) is 0. The van der Waals surface area contributed by atoms with Gasteiger partial charge in [0.25, 0.3) is 11.1 Å². The lowest BCUT2D eigenvalue weighted by molar-refractivity contribution is -0.138. The van der Waals surface area contributed by atoms with Crippen molar-refractivity contribution in [2.24, 2.45) is 0 Å². The minimum atomic E-state index is -4.67. The zero-order chi connectivity index (χ0) is 20.9. The molecule has 0 aliphatic rings. The number of alkyl halides is 3. The Labute approximate surface area is 165 Å². The zero-order valence-corrected chi connectivity index (χ0v) is 15.7. The molecule has 11 heteroatoms. The van der Waals surface area contributed by atoms with Crippen LogP contribution in [-0.4, -0.2) is 23.7 Å². The molecule has 4 rings (SSSR count). The molecule has 3 heterocycles. The fourth-order valence-electron chi connectivity index (χ4n) is 3.23. The molecule has 29 heavy (non-hydrogen) atoms. The molecule has 4 aromatic rings. The summed E-state index contributed by atoms with van der Waals surface area (Å²) < 4.78 is 43.1. The Morgan fingerprint density at radius 3 is 2.52 bits per heavy atom. The highest BCUT2D eigenvalue weighted by atomic mass is 35.5. The van der Waals surface area contributed by atoms with Crippen LogP contribution in [0, 0.1) is 0 Å². The second-order valence-corrected chi connectivity index (χ2v) is 6.73. The third kappa shape index (κ3) is 3.09. The van der Waals surface area contributed by atoms with Crippen molar-refractivity contribution in [2.75, 3.05) is 0 Å².